The van der Waals surface area contributed by atoms with Crippen LogP contribution in [0.1, 0.15) is 19.4 Å². The molecular formula is C21H27NO4. The molecule has 5 nitrogen and oxygen atoms in total. The first kappa shape index (κ1) is 19.8. The van der Waals surface area contributed by atoms with Crippen LogP contribution in [0.2, 0.25) is 0 Å². The van der Waals surface area contributed by atoms with Gasteiger partial charge in [0.05, 0.1) is 38.9 Å². The van der Waals surface area contributed by atoms with Gasteiger partial charge in [-0.2, -0.15) is 0 Å². The average molecular weight is 357 g/mol. The number of rotatable bonds is 9. The van der Waals surface area contributed by atoms with Crippen LogP contribution in [0.15, 0.2) is 54.6 Å². The van der Waals surface area contributed by atoms with Crippen molar-refractivity contribution in [3.05, 3.63) is 60.2 Å². The fourth-order valence-corrected chi connectivity index (χ4v) is 2.59. The Kier molecular flexibility index (Phi) is 7.04. The molecule has 140 valence electrons. The standard InChI is InChI=1S/C21H27NO4/c1-21(2,20(23)25-4)19(15-26-14-16-8-6-5-7-9-16)22-17-10-12-18(24-3)13-11-17/h5-13,19,22H,14-15H2,1-4H3. The molecule has 0 aromatic heterocycles. The Morgan fingerprint density at radius 1 is 1.04 bits per heavy atom. The van der Waals surface area contributed by atoms with Crippen LogP contribution in [0.3, 0.4) is 0 Å². The lowest BCUT2D eigenvalue weighted by molar-refractivity contribution is -0.152. The summed E-state index contributed by atoms with van der Waals surface area (Å²) >= 11 is 0. The summed E-state index contributed by atoms with van der Waals surface area (Å²) in [5.41, 5.74) is 1.22. The molecular weight excluding hydrogens is 330 g/mol. The molecule has 26 heavy (non-hydrogen) atoms. The first-order valence-electron chi connectivity index (χ1n) is 8.58. The van der Waals surface area contributed by atoms with Crippen molar-refractivity contribution in [1.82, 2.24) is 0 Å². The zero-order chi connectivity index (χ0) is 19.0. The Labute approximate surface area is 155 Å². The minimum atomic E-state index is -0.759. The maximum absolute atomic E-state index is 12.3. The summed E-state index contributed by atoms with van der Waals surface area (Å²) in [6.45, 7) is 4.56. The fourth-order valence-electron chi connectivity index (χ4n) is 2.59. The molecule has 2 rings (SSSR count). The predicted molar refractivity (Wildman–Crippen MR) is 102 cm³/mol. The third kappa shape index (κ3) is 5.23. The number of anilines is 1. The third-order valence-corrected chi connectivity index (χ3v) is 4.41. The topological polar surface area (TPSA) is 56.8 Å². The van der Waals surface area contributed by atoms with Crippen molar-refractivity contribution in [1.29, 1.82) is 0 Å². The summed E-state index contributed by atoms with van der Waals surface area (Å²) in [6, 6.07) is 17.3. The molecule has 0 aliphatic heterocycles. The van der Waals surface area contributed by atoms with E-state index in [4.69, 9.17) is 14.2 Å². The highest BCUT2D eigenvalue weighted by atomic mass is 16.5. The molecule has 0 bridgehead atoms. The smallest absolute Gasteiger partial charge is 0.313 e. The fraction of sp³-hybridized carbons (Fsp3) is 0.381. The second-order valence-electron chi connectivity index (χ2n) is 6.64. The highest BCUT2D eigenvalue weighted by molar-refractivity contribution is 5.77. The monoisotopic (exact) mass is 357 g/mol. The first-order chi connectivity index (χ1) is 12.5. The van der Waals surface area contributed by atoms with Crippen molar-refractivity contribution in [2.45, 2.75) is 26.5 Å². The number of carbonyl (C=O) groups excluding carboxylic acids is 1. The molecule has 1 unspecified atom stereocenters. The summed E-state index contributed by atoms with van der Waals surface area (Å²) in [7, 11) is 3.03. The molecule has 0 aliphatic carbocycles. The number of esters is 1. The van der Waals surface area contributed by atoms with Crippen LogP contribution in [-0.4, -0.2) is 32.8 Å². The minimum absolute atomic E-state index is 0.257. The maximum Gasteiger partial charge on any atom is 0.313 e. The Balaban J connectivity index is 2.08. The molecule has 0 saturated carbocycles. The van der Waals surface area contributed by atoms with Gasteiger partial charge in [-0.3, -0.25) is 4.79 Å². The largest absolute Gasteiger partial charge is 0.497 e. The zero-order valence-corrected chi connectivity index (χ0v) is 15.8. The van der Waals surface area contributed by atoms with Crippen LogP contribution in [0.5, 0.6) is 5.75 Å². The van der Waals surface area contributed by atoms with E-state index in [1.807, 2.05) is 68.4 Å². The van der Waals surface area contributed by atoms with Gasteiger partial charge in [-0.1, -0.05) is 30.3 Å². The molecule has 0 spiro atoms. The van der Waals surface area contributed by atoms with Crippen LogP contribution in [0, 0.1) is 5.41 Å². The van der Waals surface area contributed by atoms with Gasteiger partial charge in [0, 0.05) is 5.69 Å². The molecule has 1 atom stereocenters. The van der Waals surface area contributed by atoms with E-state index in [0.717, 1.165) is 17.0 Å². The van der Waals surface area contributed by atoms with E-state index in [-0.39, 0.29) is 12.0 Å². The molecule has 0 fully saturated rings. The minimum Gasteiger partial charge on any atom is -0.497 e. The number of hydrogen-bond donors (Lipinski definition) is 1. The number of ether oxygens (including phenoxy) is 3. The van der Waals surface area contributed by atoms with Crippen LogP contribution in [0.4, 0.5) is 5.69 Å². The van der Waals surface area contributed by atoms with E-state index in [0.29, 0.717) is 13.2 Å². The first-order valence-corrected chi connectivity index (χ1v) is 8.58. The molecule has 0 aliphatic rings. The predicted octanol–water partition coefficient (Wildman–Crippen LogP) is 3.89. The highest BCUT2D eigenvalue weighted by Gasteiger charge is 2.38. The Hall–Kier alpha value is -2.53. The van der Waals surface area contributed by atoms with Gasteiger partial charge in [-0.05, 0) is 43.7 Å². The van der Waals surface area contributed by atoms with Gasteiger partial charge in [0.25, 0.3) is 0 Å². The number of benzene rings is 2. The molecule has 0 radical (unpaired) electrons. The Morgan fingerprint density at radius 2 is 1.69 bits per heavy atom. The molecule has 2 aromatic rings. The third-order valence-electron chi connectivity index (χ3n) is 4.41. The Morgan fingerprint density at radius 3 is 2.27 bits per heavy atom. The molecule has 0 heterocycles. The van der Waals surface area contributed by atoms with E-state index < -0.39 is 5.41 Å². The molecule has 0 amide bonds. The van der Waals surface area contributed by atoms with E-state index in [9.17, 15) is 4.79 Å². The summed E-state index contributed by atoms with van der Waals surface area (Å²) in [4.78, 5) is 12.3. The summed E-state index contributed by atoms with van der Waals surface area (Å²) < 4.78 is 16.0. The van der Waals surface area contributed by atoms with Crippen molar-refractivity contribution < 1.29 is 19.0 Å². The SMILES string of the molecule is COC(=O)C(C)(C)C(COCc1ccccc1)Nc1ccc(OC)cc1. The van der Waals surface area contributed by atoms with E-state index >= 15 is 0 Å². The maximum atomic E-state index is 12.3. The zero-order valence-electron chi connectivity index (χ0n) is 15.8. The van der Waals surface area contributed by atoms with Gasteiger partial charge in [0.15, 0.2) is 0 Å². The van der Waals surface area contributed by atoms with Crippen molar-refractivity contribution in [3.63, 3.8) is 0 Å². The molecule has 0 saturated heterocycles. The normalized spacial score (nSPS) is 12.3. The lowest BCUT2D eigenvalue weighted by atomic mass is 9.84. The van der Waals surface area contributed by atoms with Crippen LogP contribution in [0.25, 0.3) is 0 Å². The van der Waals surface area contributed by atoms with Crippen molar-refractivity contribution in [2.75, 3.05) is 26.1 Å². The number of carbonyl (C=O) groups is 1. The van der Waals surface area contributed by atoms with Crippen molar-refractivity contribution in [3.8, 4) is 5.75 Å². The second-order valence-corrected chi connectivity index (χ2v) is 6.64. The number of methoxy groups -OCH3 is 2. The molecule has 1 N–H and O–H groups in total. The average Bonchev–Trinajstić information content (AvgIpc) is 2.67. The van der Waals surface area contributed by atoms with Gasteiger partial charge < -0.3 is 19.5 Å². The quantitative estimate of drug-likeness (QED) is 0.690. The van der Waals surface area contributed by atoms with Gasteiger partial charge in [0.2, 0.25) is 0 Å². The second kappa shape index (κ2) is 9.25. The number of nitrogens with one attached hydrogen (secondary N) is 1. The van der Waals surface area contributed by atoms with Gasteiger partial charge in [-0.15, -0.1) is 0 Å². The van der Waals surface area contributed by atoms with E-state index in [1.54, 1.807) is 7.11 Å². The van der Waals surface area contributed by atoms with Crippen LogP contribution >= 0.6 is 0 Å². The highest BCUT2D eigenvalue weighted by Crippen LogP contribution is 2.27. The lowest BCUT2D eigenvalue weighted by Gasteiger charge is -2.33. The van der Waals surface area contributed by atoms with Crippen molar-refractivity contribution in [2.24, 2.45) is 5.41 Å². The van der Waals surface area contributed by atoms with Gasteiger partial charge in [0.1, 0.15) is 5.75 Å². The summed E-state index contributed by atoms with van der Waals surface area (Å²) in [6.07, 6.45) is 0. The molecule has 2 aromatic carbocycles. The van der Waals surface area contributed by atoms with E-state index in [1.165, 1.54) is 7.11 Å². The Bertz CT molecular complexity index is 683. The van der Waals surface area contributed by atoms with Gasteiger partial charge in [-0.25, -0.2) is 0 Å². The van der Waals surface area contributed by atoms with Crippen LogP contribution in [-0.2, 0) is 20.9 Å². The molecule has 5 heteroatoms. The van der Waals surface area contributed by atoms with Crippen molar-refractivity contribution >= 4 is 11.7 Å². The van der Waals surface area contributed by atoms with E-state index in [2.05, 4.69) is 5.32 Å². The lowest BCUT2D eigenvalue weighted by Crippen LogP contribution is -2.45. The van der Waals surface area contributed by atoms with Gasteiger partial charge >= 0.3 is 5.97 Å². The summed E-state index contributed by atoms with van der Waals surface area (Å²) in [5, 5.41) is 3.39. The van der Waals surface area contributed by atoms with Crippen LogP contribution < -0.4 is 10.1 Å². The number of hydrogen-bond acceptors (Lipinski definition) is 5. The summed E-state index contributed by atoms with van der Waals surface area (Å²) in [5.74, 6) is 0.492.